The van der Waals surface area contributed by atoms with Crippen LogP contribution in [0.3, 0.4) is 0 Å². The number of aryl methyl sites for hydroxylation is 2. The molecule has 2 amide bonds. The number of nitrogens with zero attached hydrogens (tertiary/aromatic N) is 1. The van der Waals surface area contributed by atoms with Crippen molar-refractivity contribution >= 4 is 17.5 Å². The van der Waals surface area contributed by atoms with Crippen molar-refractivity contribution in [2.75, 3.05) is 18.4 Å². The highest BCUT2D eigenvalue weighted by atomic mass is 16.2. The van der Waals surface area contributed by atoms with Crippen LogP contribution in [0.1, 0.15) is 25.0 Å². The van der Waals surface area contributed by atoms with Gasteiger partial charge in [-0.05, 0) is 38.8 Å². The molecule has 5 heteroatoms. The number of anilines is 1. The van der Waals surface area contributed by atoms with Crippen LogP contribution >= 0.6 is 0 Å². The highest BCUT2D eigenvalue weighted by Crippen LogP contribution is 2.19. The molecule has 1 aromatic rings. The summed E-state index contributed by atoms with van der Waals surface area (Å²) in [6.45, 7) is 7.80. The second-order valence-electron chi connectivity index (χ2n) is 4.96. The number of hydrogen-bond acceptors (Lipinski definition) is 3. The monoisotopic (exact) mass is 277 g/mol. The third-order valence-corrected chi connectivity index (χ3v) is 3.16. The number of rotatable bonds is 5. The molecule has 1 aromatic carbocycles. The first-order chi connectivity index (χ1) is 9.36. The van der Waals surface area contributed by atoms with Gasteiger partial charge >= 0.3 is 0 Å². The third-order valence-electron chi connectivity index (χ3n) is 3.16. The van der Waals surface area contributed by atoms with Gasteiger partial charge in [-0.3, -0.25) is 9.59 Å². The Hall–Kier alpha value is -1.88. The van der Waals surface area contributed by atoms with E-state index >= 15 is 0 Å². The second-order valence-corrected chi connectivity index (χ2v) is 4.96. The van der Waals surface area contributed by atoms with E-state index < -0.39 is 6.04 Å². The molecule has 110 valence electrons. The maximum Gasteiger partial charge on any atom is 0.244 e. The molecule has 0 heterocycles. The van der Waals surface area contributed by atoms with E-state index in [-0.39, 0.29) is 18.4 Å². The fourth-order valence-electron chi connectivity index (χ4n) is 2.00. The summed E-state index contributed by atoms with van der Waals surface area (Å²) in [5.74, 6) is -0.428. The van der Waals surface area contributed by atoms with Gasteiger partial charge < -0.3 is 16.0 Å². The van der Waals surface area contributed by atoms with Crippen LogP contribution in [0.2, 0.25) is 0 Å². The molecule has 0 spiro atoms. The molecule has 1 atom stereocenters. The fourth-order valence-corrected chi connectivity index (χ4v) is 2.00. The van der Waals surface area contributed by atoms with E-state index in [4.69, 9.17) is 5.73 Å². The van der Waals surface area contributed by atoms with Gasteiger partial charge in [0.15, 0.2) is 0 Å². The van der Waals surface area contributed by atoms with Crippen molar-refractivity contribution in [2.24, 2.45) is 5.73 Å². The lowest BCUT2D eigenvalue weighted by Gasteiger charge is -2.22. The topological polar surface area (TPSA) is 75.4 Å². The molecule has 20 heavy (non-hydrogen) atoms. The molecular formula is C15H23N3O2. The largest absolute Gasteiger partial charge is 0.332 e. The third kappa shape index (κ3) is 4.06. The lowest BCUT2D eigenvalue weighted by atomic mass is 10.1. The molecular weight excluding hydrogens is 254 g/mol. The summed E-state index contributed by atoms with van der Waals surface area (Å²) in [6, 6.07) is 5.22. The Kier molecular flexibility index (Phi) is 5.70. The Morgan fingerprint density at radius 2 is 1.85 bits per heavy atom. The van der Waals surface area contributed by atoms with Gasteiger partial charge in [-0.15, -0.1) is 0 Å². The van der Waals surface area contributed by atoms with Gasteiger partial charge in [0.1, 0.15) is 0 Å². The molecule has 0 aliphatic rings. The van der Waals surface area contributed by atoms with Crippen LogP contribution in [-0.4, -0.2) is 35.8 Å². The van der Waals surface area contributed by atoms with E-state index in [1.165, 1.54) is 4.90 Å². The molecule has 0 unspecified atom stereocenters. The van der Waals surface area contributed by atoms with Gasteiger partial charge in [0, 0.05) is 12.2 Å². The summed E-state index contributed by atoms with van der Waals surface area (Å²) in [4.78, 5) is 25.3. The molecule has 0 aromatic heterocycles. The van der Waals surface area contributed by atoms with Crippen LogP contribution in [0.15, 0.2) is 18.2 Å². The van der Waals surface area contributed by atoms with Crippen LogP contribution in [0.4, 0.5) is 5.69 Å². The molecule has 0 saturated carbocycles. The van der Waals surface area contributed by atoms with Crippen molar-refractivity contribution in [1.29, 1.82) is 0 Å². The van der Waals surface area contributed by atoms with Crippen molar-refractivity contribution in [3.8, 4) is 0 Å². The maximum absolute atomic E-state index is 12.1. The smallest absolute Gasteiger partial charge is 0.244 e. The van der Waals surface area contributed by atoms with Crippen molar-refractivity contribution in [2.45, 2.75) is 33.7 Å². The number of hydrogen-bond donors (Lipinski definition) is 2. The molecule has 0 bridgehead atoms. The van der Waals surface area contributed by atoms with Crippen LogP contribution in [0.25, 0.3) is 0 Å². The van der Waals surface area contributed by atoms with E-state index in [1.54, 1.807) is 6.92 Å². The quantitative estimate of drug-likeness (QED) is 0.855. The lowest BCUT2D eigenvalue weighted by molar-refractivity contribution is -0.135. The number of benzene rings is 1. The van der Waals surface area contributed by atoms with E-state index in [0.29, 0.717) is 6.54 Å². The average molecular weight is 277 g/mol. The molecule has 3 N–H and O–H groups in total. The molecule has 5 nitrogen and oxygen atoms in total. The summed E-state index contributed by atoms with van der Waals surface area (Å²) in [5, 5.41) is 2.86. The van der Waals surface area contributed by atoms with Gasteiger partial charge in [0.05, 0.1) is 12.6 Å². The van der Waals surface area contributed by atoms with E-state index in [1.807, 2.05) is 39.0 Å². The normalized spacial score (nSPS) is 11.8. The Morgan fingerprint density at radius 1 is 1.30 bits per heavy atom. The summed E-state index contributed by atoms with van der Waals surface area (Å²) in [5.41, 5.74) is 8.37. The molecule has 0 radical (unpaired) electrons. The zero-order valence-corrected chi connectivity index (χ0v) is 12.6. The standard InChI is InChI=1S/C15H23N3O2/c1-5-18(15(20)12(4)16)9-13(19)17-14-10(2)7-6-8-11(14)3/h6-8,12H,5,9,16H2,1-4H3,(H,17,19)/t12-/m1/s1. The summed E-state index contributed by atoms with van der Waals surface area (Å²) < 4.78 is 0. The zero-order chi connectivity index (χ0) is 15.3. The average Bonchev–Trinajstić information content (AvgIpc) is 2.39. The van der Waals surface area contributed by atoms with E-state index in [0.717, 1.165) is 16.8 Å². The Morgan fingerprint density at radius 3 is 2.30 bits per heavy atom. The minimum Gasteiger partial charge on any atom is -0.332 e. The predicted molar refractivity (Wildman–Crippen MR) is 80.4 cm³/mol. The first-order valence-electron chi connectivity index (χ1n) is 6.77. The minimum atomic E-state index is -0.594. The van der Waals surface area contributed by atoms with Gasteiger partial charge in [-0.25, -0.2) is 0 Å². The van der Waals surface area contributed by atoms with Gasteiger partial charge in [0.2, 0.25) is 11.8 Å². The highest BCUT2D eigenvalue weighted by Gasteiger charge is 2.19. The number of carbonyl (C=O) groups is 2. The van der Waals surface area contributed by atoms with Crippen LogP contribution in [0.5, 0.6) is 0 Å². The van der Waals surface area contributed by atoms with Crippen molar-refractivity contribution in [1.82, 2.24) is 4.90 Å². The fraction of sp³-hybridized carbons (Fsp3) is 0.467. The maximum atomic E-state index is 12.1. The van der Waals surface area contributed by atoms with Gasteiger partial charge in [-0.1, -0.05) is 18.2 Å². The zero-order valence-electron chi connectivity index (χ0n) is 12.6. The van der Waals surface area contributed by atoms with Crippen LogP contribution < -0.4 is 11.1 Å². The van der Waals surface area contributed by atoms with Crippen LogP contribution in [0, 0.1) is 13.8 Å². The number of para-hydroxylation sites is 1. The first-order valence-corrected chi connectivity index (χ1v) is 6.77. The summed E-state index contributed by atoms with van der Waals surface area (Å²) in [7, 11) is 0. The molecule has 1 rings (SSSR count). The molecule has 0 fully saturated rings. The Labute approximate surface area is 120 Å². The lowest BCUT2D eigenvalue weighted by Crippen LogP contribution is -2.45. The second kappa shape index (κ2) is 7.05. The number of nitrogens with two attached hydrogens (primary N) is 1. The van der Waals surface area contributed by atoms with Crippen molar-refractivity contribution < 1.29 is 9.59 Å². The van der Waals surface area contributed by atoms with Crippen molar-refractivity contribution in [3.63, 3.8) is 0 Å². The van der Waals surface area contributed by atoms with Crippen LogP contribution in [-0.2, 0) is 9.59 Å². The minimum absolute atomic E-state index is 0.0185. The van der Waals surface area contributed by atoms with Gasteiger partial charge in [-0.2, -0.15) is 0 Å². The summed E-state index contributed by atoms with van der Waals surface area (Å²) >= 11 is 0. The Balaban J connectivity index is 2.74. The van der Waals surface area contributed by atoms with Gasteiger partial charge in [0.25, 0.3) is 0 Å². The summed E-state index contributed by atoms with van der Waals surface area (Å²) in [6.07, 6.45) is 0. The molecule has 0 aliphatic heterocycles. The first kappa shape index (κ1) is 16.2. The number of nitrogens with one attached hydrogen (secondary N) is 1. The predicted octanol–water partition coefficient (Wildman–Crippen LogP) is 1.44. The van der Waals surface area contributed by atoms with E-state index in [2.05, 4.69) is 5.32 Å². The SMILES string of the molecule is CCN(CC(=O)Nc1c(C)cccc1C)C(=O)[C@@H](C)N. The highest BCUT2D eigenvalue weighted by molar-refractivity contribution is 5.96. The number of amides is 2. The number of carbonyl (C=O) groups excluding carboxylic acids is 2. The Bertz CT molecular complexity index is 478. The van der Waals surface area contributed by atoms with E-state index in [9.17, 15) is 9.59 Å². The number of likely N-dealkylation sites (N-methyl/N-ethyl adjacent to an activating group) is 1. The molecule has 0 saturated heterocycles. The molecule has 0 aliphatic carbocycles. The van der Waals surface area contributed by atoms with Crippen molar-refractivity contribution in [3.05, 3.63) is 29.3 Å².